The van der Waals surface area contributed by atoms with Crippen molar-refractivity contribution in [1.82, 2.24) is 0 Å². The van der Waals surface area contributed by atoms with Gasteiger partial charge in [0.2, 0.25) is 0 Å². The van der Waals surface area contributed by atoms with Crippen LogP contribution in [0.1, 0.15) is 6.42 Å². The van der Waals surface area contributed by atoms with Crippen LogP contribution in [0.25, 0.3) is 0 Å². The van der Waals surface area contributed by atoms with Gasteiger partial charge in [0.05, 0.1) is 8.07 Å². The highest BCUT2D eigenvalue weighted by atomic mass is 28.3. The molecule has 0 aromatic heterocycles. The largest absolute Gasteiger partial charge is 0.0989 e. The Labute approximate surface area is 80.1 Å². The van der Waals surface area contributed by atoms with Gasteiger partial charge in [-0.2, -0.15) is 0 Å². The Morgan fingerprint density at radius 3 is 1.75 bits per heavy atom. The van der Waals surface area contributed by atoms with Gasteiger partial charge >= 0.3 is 0 Å². The summed E-state index contributed by atoms with van der Waals surface area (Å²) in [5, 5.41) is 0. The van der Waals surface area contributed by atoms with Crippen LogP contribution in [0.15, 0.2) is 11.8 Å². The van der Waals surface area contributed by atoms with Crippen LogP contribution in [0.3, 0.4) is 0 Å². The van der Waals surface area contributed by atoms with Crippen molar-refractivity contribution in [3.8, 4) is 0 Å². The maximum Gasteiger partial charge on any atom is 0.0682 e. The molecule has 0 heterocycles. The van der Waals surface area contributed by atoms with Gasteiger partial charge in [0.1, 0.15) is 0 Å². The van der Waals surface area contributed by atoms with Crippen molar-refractivity contribution < 1.29 is 0 Å². The van der Waals surface area contributed by atoms with E-state index in [1.807, 2.05) is 0 Å². The van der Waals surface area contributed by atoms with Crippen LogP contribution >= 0.6 is 0 Å². The van der Waals surface area contributed by atoms with Gasteiger partial charge in [0.25, 0.3) is 0 Å². The van der Waals surface area contributed by atoms with Crippen molar-refractivity contribution in [2.24, 2.45) is 0 Å². The van der Waals surface area contributed by atoms with Gasteiger partial charge in [-0.15, -0.1) is 0 Å². The van der Waals surface area contributed by atoms with E-state index in [1.54, 1.807) is 0 Å². The molecule has 0 atom stereocenters. The van der Waals surface area contributed by atoms with Crippen LogP contribution in [-0.2, 0) is 0 Å². The van der Waals surface area contributed by atoms with Gasteiger partial charge < -0.3 is 0 Å². The Kier molecular flexibility index (Phi) is 4.49. The van der Waals surface area contributed by atoms with Crippen molar-refractivity contribution >= 4 is 16.1 Å². The lowest BCUT2D eigenvalue weighted by atomic mass is 10.5. The third kappa shape index (κ3) is 10.2. The second-order valence-electron chi connectivity index (χ2n) is 5.87. The maximum absolute atomic E-state index is 2.47. The van der Waals surface area contributed by atoms with E-state index in [0.29, 0.717) is 0 Å². The molecule has 0 aliphatic heterocycles. The van der Waals surface area contributed by atoms with Crippen LogP contribution in [0.2, 0.25) is 45.3 Å². The Balaban J connectivity index is 3.64. The molecule has 12 heavy (non-hydrogen) atoms. The van der Waals surface area contributed by atoms with Crippen LogP contribution in [-0.4, -0.2) is 16.1 Å². The molecule has 0 N–H and O–H groups in total. The molecule has 0 spiro atoms. The van der Waals surface area contributed by atoms with Crippen LogP contribution in [0, 0.1) is 0 Å². The maximum atomic E-state index is 2.47. The van der Waals surface area contributed by atoms with Gasteiger partial charge in [-0.1, -0.05) is 57.1 Å². The number of hydrogen-bond donors (Lipinski definition) is 0. The van der Waals surface area contributed by atoms with E-state index < -0.39 is 16.1 Å². The molecular weight excluding hydrogens is 176 g/mol. The molecule has 2 heteroatoms. The normalized spacial score (nSPS) is 14.2. The standard InChI is InChI=1S/C10H24Si2/c1-11(2,3)9-7-8-10-12(4,5)6/h7,9H,8,10H2,1-6H3. The zero-order valence-electron chi connectivity index (χ0n) is 9.57. The monoisotopic (exact) mass is 200 g/mol. The smallest absolute Gasteiger partial charge is 0.0682 e. The van der Waals surface area contributed by atoms with E-state index in [1.165, 1.54) is 12.5 Å². The molecule has 0 rings (SSSR count). The van der Waals surface area contributed by atoms with E-state index in [4.69, 9.17) is 0 Å². The molecule has 0 saturated carbocycles. The summed E-state index contributed by atoms with van der Waals surface area (Å²) in [5.74, 6) is 0. The van der Waals surface area contributed by atoms with E-state index in [2.05, 4.69) is 51.1 Å². The second-order valence-corrected chi connectivity index (χ2v) is 16.6. The molecule has 0 fully saturated rings. The van der Waals surface area contributed by atoms with Crippen molar-refractivity contribution in [2.75, 3.05) is 0 Å². The number of hydrogen-bond acceptors (Lipinski definition) is 0. The minimum absolute atomic E-state index is 0.789. The van der Waals surface area contributed by atoms with E-state index in [9.17, 15) is 0 Å². The summed E-state index contributed by atoms with van der Waals surface area (Å²) in [7, 11) is -1.71. The summed E-state index contributed by atoms with van der Waals surface area (Å²) < 4.78 is 0. The summed E-state index contributed by atoms with van der Waals surface area (Å²) in [6.07, 6.45) is 3.71. The van der Waals surface area contributed by atoms with E-state index in [0.717, 1.165) is 0 Å². The van der Waals surface area contributed by atoms with Crippen LogP contribution in [0.4, 0.5) is 0 Å². The SMILES string of the molecule is C[Si](C)(C)C=CCC[Si](C)(C)C. The third-order valence-corrected chi connectivity index (χ3v) is 4.70. The lowest BCUT2D eigenvalue weighted by Crippen LogP contribution is -2.19. The fraction of sp³-hybridized carbons (Fsp3) is 0.800. The van der Waals surface area contributed by atoms with Gasteiger partial charge in [0, 0.05) is 8.07 Å². The molecule has 0 aliphatic rings. The van der Waals surface area contributed by atoms with Gasteiger partial charge in [-0.05, 0) is 6.42 Å². The zero-order chi connectivity index (χ0) is 9.83. The van der Waals surface area contributed by atoms with Gasteiger partial charge in [0.15, 0.2) is 0 Å². The molecule has 0 saturated heterocycles. The fourth-order valence-corrected chi connectivity index (χ4v) is 2.86. The first-order chi connectivity index (χ1) is 5.21. The molecule has 0 unspecified atom stereocenters. The summed E-state index contributed by atoms with van der Waals surface area (Å²) in [6.45, 7) is 14.5. The molecule has 0 amide bonds. The quantitative estimate of drug-likeness (QED) is 0.598. The Bertz CT molecular complexity index is 146. The number of rotatable bonds is 4. The van der Waals surface area contributed by atoms with Gasteiger partial charge in [-0.25, -0.2) is 0 Å². The molecule has 0 bridgehead atoms. The minimum atomic E-state index is -0.919. The first-order valence-electron chi connectivity index (χ1n) is 4.88. The van der Waals surface area contributed by atoms with Gasteiger partial charge in [-0.3, -0.25) is 0 Å². The lowest BCUT2D eigenvalue weighted by molar-refractivity contribution is 1.16. The van der Waals surface area contributed by atoms with Crippen LogP contribution in [0.5, 0.6) is 0 Å². The molecular formula is C10H24Si2. The molecule has 0 nitrogen and oxygen atoms in total. The summed E-state index contributed by atoms with van der Waals surface area (Å²) >= 11 is 0. The summed E-state index contributed by atoms with van der Waals surface area (Å²) in [4.78, 5) is 0. The van der Waals surface area contributed by atoms with Crippen molar-refractivity contribution in [3.05, 3.63) is 11.8 Å². The van der Waals surface area contributed by atoms with Crippen LogP contribution < -0.4 is 0 Å². The average molecular weight is 200 g/mol. The summed E-state index contributed by atoms with van der Waals surface area (Å²) in [6, 6.07) is 1.44. The predicted molar refractivity (Wildman–Crippen MR) is 65.3 cm³/mol. The van der Waals surface area contributed by atoms with E-state index in [-0.39, 0.29) is 0 Å². The first-order valence-corrected chi connectivity index (χ1v) is 12.2. The summed E-state index contributed by atoms with van der Waals surface area (Å²) in [5.41, 5.74) is 2.47. The fourth-order valence-electron chi connectivity index (χ4n) is 0.953. The topological polar surface area (TPSA) is 0 Å². The minimum Gasteiger partial charge on any atom is -0.0989 e. The van der Waals surface area contributed by atoms with Crippen molar-refractivity contribution in [3.63, 3.8) is 0 Å². The molecule has 72 valence electrons. The van der Waals surface area contributed by atoms with Crippen molar-refractivity contribution in [1.29, 1.82) is 0 Å². The second kappa shape index (κ2) is 4.42. The molecule has 0 aromatic rings. The van der Waals surface area contributed by atoms with Crippen molar-refractivity contribution in [2.45, 2.75) is 51.7 Å². The first kappa shape index (κ1) is 12.2. The lowest BCUT2D eigenvalue weighted by Gasteiger charge is -2.14. The predicted octanol–water partition coefficient (Wildman–Crippen LogP) is 4.15. The molecule has 0 radical (unpaired) electrons. The highest BCUT2D eigenvalue weighted by Gasteiger charge is 2.11. The highest BCUT2D eigenvalue weighted by molar-refractivity contribution is 6.81. The van der Waals surface area contributed by atoms with E-state index >= 15 is 0 Å². The Morgan fingerprint density at radius 1 is 0.917 bits per heavy atom. The molecule has 0 aromatic carbocycles. The zero-order valence-corrected chi connectivity index (χ0v) is 11.6. The Hall–Kier alpha value is 0.174. The highest BCUT2D eigenvalue weighted by Crippen LogP contribution is 2.12. The number of allylic oxidation sites excluding steroid dienone is 1. The Morgan fingerprint density at radius 2 is 1.42 bits per heavy atom. The molecule has 0 aliphatic carbocycles. The average Bonchev–Trinajstić information content (AvgIpc) is 1.76. The third-order valence-electron chi connectivity index (χ3n) is 1.68.